The number of carbonyl (C=O) groups is 1. The van der Waals surface area contributed by atoms with E-state index in [0.29, 0.717) is 10.6 Å². The molecule has 3 N–H and O–H groups in total. The third kappa shape index (κ3) is 3.49. The Bertz CT molecular complexity index is 848. The van der Waals surface area contributed by atoms with Crippen molar-refractivity contribution >= 4 is 40.7 Å². The van der Waals surface area contributed by atoms with Crippen molar-refractivity contribution in [2.24, 2.45) is 4.99 Å². The highest BCUT2D eigenvalue weighted by Gasteiger charge is 2.15. The van der Waals surface area contributed by atoms with E-state index in [-0.39, 0.29) is 22.8 Å². The van der Waals surface area contributed by atoms with Crippen molar-refractivity contribution in [3.05, 3.63) is 37.2 Å². The van der Waals surface area contributed by atoms with Gasteiger partial charge in [-0.25, -0.2) is 9.79 Å². The van der Waals surface area contributed by atoms with Crippen molar-refractivity contribution in [1.82, 2.24) is 9.97 Å². The van der Waals surface area contributed by atoms with E-state index in [4.69, 9.17) is 17.0 Å². The van der Waals surface area contributed by atoms with Crippen LogP contribution in [-0.4, -0.2) is 33.9 Å². The van der Waals surface area contributed by atoms with Crippen LogP contribution in [0.4, 0.5) is 5.00 Å². The van der Waals surface area contributed by atoms with E-state index in [9.17, 15) is 14.7 Å². The number of thiophene rings is 1. The van der Waals surface area contributed by atoms with Gasteiger partial charge in [0.15, 0.2) is 4.77 Å². The normalized spacial score (nSPS) is 11.0. The SMILES string of the molecule is CCOC(=O)c1cc(C)sc1/N=C/c1c(O)[nH]c(=S)[nH]c1=O. The molecular weight excluding hydrogens is 326 g/mol. The Morgan fingerprint density at radius 1 is 1.55 bits per heavy atom. The van der Waals surface area contributed by atoms with E-state index in [1.54, 1.807) is 13.0 Å². The van der Waals surface area contributed by atoms with Crippen molar-refractivity contribution in [2.45, 2.75) is 13.8 Å². The summed E-state index contributed by atoms with van der Waals surface area (Å²) in [5.41, 5.74) is -0.328. The summed E-state index contributed by atoms with van der Waals surface area (Å²) in [6.07, 6.45) is 1.17. The number of H-pyrrole nitrogens is 2. The van der Waals surface area contributed by atoms with Crippen molar-refractivity contribution < 1.29 is 14.6 Å². The van der Waals surface area contributed by atoms with Gasteiger partial charge in [-0.1, -0.05) is 0 Å². The predicted molar refractivity (Wildman–Crippen MR) is 86.2 cm³/mol. The van der Waals surface area contributed by atoms with Gasteiger partial charge in [-0.3, -0.25) is 9.78 Å². The molecule has 0 radical (unpaired) electrons. The fourth-order valence-corrected chi connectivity index (χ4v) is 2.71. The Labute approximate surface area is 134 Å². The zero-order valence-corrected chi connectivity index (χ0v) is 13.4. The van der Waals surface area contributed by atoms with E-state index in [2.05, 4.69) is 15.0 Å². The van der Waals surface area contributed by atoms with E-state index >= 15 is 0 Å². The first-order valence-electron chi connectivity index (χ1n) is 6.29. The predicted octanol–water partition coefficient (Wildman–Crippen LogP) is 2.44. The quantitative estimate of drug-likeness (QED) is 0.450. The highest BCUT2D eigenvalue weighted by molar-refractivity contribution is 7.71. The minimum atomic E-state index is -0.573. The number of hydrogen-bond acceptors (Lipinski definition) is 7. The lowest BCUT2D eigenvalue weighted by molar-refractivity contribution is 0.0528. The number of aryl methyl sites for hydroxylation is 1. The number of aromatic hydroxyl groups is 1. The standard InChI is InChI=1S/C13H13N3O4S2/c1-3-20-12(19)7-4-6(2)22-11(7)14-5-8-9(17)15-13(21)16-10(8)18/h4-5H,3H2,1-2H3,(H3,15,16,17,18,21)/b14-5+. The number of rotatable bonds is 4. The third-order valence-electron chi connectivity index (χ3n) is 2.60. The Morgan fingerprint density at radius 2 is 2.27 bits per heavy atom. The highest BCUT2D eigenvalue weighted by atomic mass is 32.1. The van der Waals surface area contributed by atoms with Gasteiger partial charge >= 0.3 is 5.97 Å². The molecule has 116 valence electrons. The molecule has 2 heterocycles. The lowest BCUT2D eigenvalue weighted by Gasteiger charge is -2.00. The molecule has 0 unspecified atom stereocenters. The number of hydrogen-bond donors (Lipinski definition) is 3. The second kappa shape index (κ2) is 6.67. The van der Waals surface area contributed by atoms with Crippen LogP contribution in [0.3, 0.4) is 0 Å². The molecular formula is C13H13N3O4S2. The molecule has 22 heavy (non-hydrogen) atoms. The third-order valence-corrected chi connectivity index (χ3v) is 3.76. The van der Waals surface area contributed by atoms with Gasteiger partial charge in [-0.05, 0) is 32.1 Å². The molecule has 2 aromatic heterocycles. The molecule has 0 aliphatic heterocycles. The summed E-state index contributed by atoms with van der Waals surface area (Å²) in [4.78, 5) is 33.3. The van der Waals surface area contributed by atoms with Gasteiger partial charge in [0.1, 0.15) is 10.6 Å². The van der Waals surface area contributed by atoms with Crippen LogP contribution in [0.1, 0.15) is 27.7 Å². The van der Waals surface area contributed by atoms with Crippen LogP contribution in [0, 0.1) is 11.7 Å². The Morgan fingerprint density at radius 3 is 2.91 bits per heavy atom. The molecule has 7 nitrogen and oxygen atoms in total. The molecule has 0 bridgehead atoms. The Hall–Kier alpha value is -2.26. The molecule has 0 fully saturated rings. The minimum absolute atomic E-state index is 0.0128. The molecule has 2 rings (SSSR count). The monoisotopic (exact) mass is 339 g/mol. The molecule has 0 aliphatic carbocycles. The summed E-state index contributed by atoms with van der Waals surface area (Å²) < 4.78 is 4.97. The first kappa shape index (κ1) is 16.1. The van der Waals surface area contributed by atoms with Crippen LogP contribution >= 0.6 is 23.6 Å². The van der Waals surface area contributed by atoms with Gasteiger partial charge in [0, 0.05) is 11.1 Å². The van der Waals surface area contributed by atoms with Gasteiger partial charge in [-0.15, -0.1) is 11.3 Å². The van der Waals surface area contributed by atoms with Crippen molar-refractivity contribution in [2.75, 3.05) is 6.61 Å². The van der Waals surface area contributed by atoms with Crippen molar-refractivity contribution in [3.8, 4) is 5.88 Å². The second-order valence-corrected chi connectivity index (χ2v) is 5.87. The molecule has 0 aliphatic rings. The molecule has 0 aromatic carbocycles. The fourth-order valence-electron chi connectivity index (χ4n) is 1.68. The average Bonchev–Trinajstić information content (AvgIpc) is 2.79. The first-order chi connectivity index (χ1) is 10.4. The summed E-state index contributed by atoms with van der Waals surface area (Å²) in [5, 5.41) is 10.1. The number of carbonyl (C=O) groups excluding carboxylic acids is 1. The number of esters is 1. The highest BCUT2D eigenvalue weighted by Crippen LogP contribution is 2.31. The van der Waals surface area contributed by atoms with Gasteiger partial charge < -0.3 is 14.8 Å². The van der Waals surface area contributed by atoms with E-state index in [1.807, 2.05) is 6.92 Å². The number of nitrogens with one attached hydrogen (secondary N) is 2. The number of nitrogens with zero attached hydrogens (tertiary/aromatic N) is 1. The molecule has 0 amide bonds. The number of aliphatic imine (C=N–C) groups is 1. The van der Waals surface area contributed by atoms with E-state index in [1.165, 1.54) is 17.6 Å². The smallest absolute Gasteiger partial charge is 0.341 e. The van der Waals surface area contributed by atoms with E-state index in [0.717, 1.165) is 4.88 Å². The summed E-state index contributed by atoms with van der Waals surface area (Å²) in [7, 11) is 0. The zero-order chi connectivity index (χ0) is 16.3. The van der Waals surface area contributed by atoms with Gasteiger partial charge in [-0.2, -0.15) is 0 Å². The first-order valence-corrected chi connectivity index (χ1v) is 7.52. The number of aromatic nitrogens is 2. The summed E-state index contributed by atoms with van der Waals surface area (Å²) in [5.74, 6) is -0.868. The number of ether oxygens (including phenoxy) is 1. The van der Waals surface area contributed by atoms with Crippen LogP contribution in [0.5, 0.6) is 5.88 Å². The Kier molecular flexibility index (Phi) is 4.88. The van der Waals surface area contributed by atoms with Crippen LogP contribution in [0.2, 0.25) is 0 Å². The summed E-state index contributed by atoms with van der Waals surface area (Å²) >= 11 is 6.02. The minimum Gasteiger partial charge on any atom is -0.494 e. The molecule has 2 aromatic rings. The van der Waals surface area contributed by atoms with Crippen LogP contribution < -0.4 is 5.56 Å². The van der Waals surface area contributed by atoms with Crippen molar-refractivity contribution in [3.63, 3.8) is 0 Å². The molecule has 0 atom stereocenters. The van der Waals surface area contributed by atoms with Gasteiger partial charge in [0.2, 0.25) is 5.88 Å². The molecule has 9 heteroatoms. The average molecular weight is 339 g/mol. The lowest BCUT2D eigenvalue weighted by atomic mass is 10.3. The number of aromatic amines is 2. The summed E-state index contributed by atoms with van der Waals surface area (Å²) in [6, 6.07) is 1.66. The van der Waals surface area contributed by atoms with E-state index < -0.39 is 11.5 Å². The molecule has 0 saturated heterocycles. The Balaban J connectivity index is 2.41. The van der Waals surface area contributed by atoms with Crippen molar-refractivity contribution in [1.29, 1.82) is 0 Å². The molecule has 0 spiro atoms. The van der Waals surface area contributed by atoms with Gasteiger partial charge in [0.05, 0.1) is 12.2 Å². The van der Waals surface area contributed by atoms with Gasteiger partial charge in [0.25, 0.3) is 5.56 Å². The molecule has 0 saturated carbocycles. The van der Waals surface area contributed by atoms with Crippen LogP contribution in [-0.2, 0) is 4.74 Å². The summed E-state index contributed by atoms with van der Waals surface area (Å²) in [6.45, 7) is 3.80. The maximum atomic E-state index is 11.8. The maximum Gasteiger partial charge on any atom is 0.341 e. The maximum absolute atomic E-state index is 11.8. The topological polar surface area (TPSA) is 108 Å². The van der Waals surface area contributed by atoms with Crippen LogP contribution in [0.25, 0.3) is 0 Å². The zero-order valence-electron chi connectivity index (χ0n) is 11.8. The second-order valence-electron chi connectivity index (χ2n) is 4.23. The van der Waals surface area contributed by atoms with Crippen LogP contribution in [0.15, 0.2) is 15.9 Å². The fraction of sp³-hybridized carbons (Fsp3) is 0.231. The largest absolute Gasteiger partial charge is 0.494 e. The lowest BCUT2D eigenvalue weighted by Crippen LogP contribution is -2.13.